The predicted octanol–water partition coefficient (Wildman–Crippen LogP) is 0.437. The normalized spacial score (nSPS) is 15.3. The molecule has 1 aliphatic heterocycles. The first kappa shape index (κ1) is 17.8. The largest absolute Gasteiger partial charge is 0.379 e. The maximum atomic E-state index is 12.2. The molecule has 9 heteroatoms. The van der Waals surface area contributed by atoms with Gasteiger partial charge in [0.2, 0.25) is 16.9 Å². The van der Waals surface area contributed by atoms with Gasteiger partial charge in [0, 0.05) is 45.6 Å². The summed E-state index contributed by atoms with van der Waals surface area (Å²) in [6.45, 7) is 7.48. The molecule has 0 atom stereocenters. The minimum Gasteiger partial charge on any atom is -0.379 e. The van der Waals surface area contributed by atoms with E-state index in [1.165, 1.54) is 11.3 Å². The van der Waals surface area contributed by atoms with Gasteiger partial charge in [0.05, 0.1) is 13.2 Å². The molecule has 23 heavy (non-hydrogen) atoms. The van der Waals surface area contributed by atoms with Crippen LogP contribution in [0.2, 0.25) is 0 Å². The van der Waals surface area contributed by atoms with Crippen molar-refractivity contribution in [3.8, 4) is 0 Å². The molecule has 0 radical (unpaired) electrons. The lowest BCUT2D eigenvalue weighted by atomic mass is 10.2. The fraction of sp³-hybridized carbons (Fsp3) is 0.714. The lowest BCUT2D eigenvalue weighted by molar-refractivity contribution is -0.133. The molecule has 0 bridgehead atoms. The lowest BCUT2D eigenvalue weighted by Gasteiger charge is -2.29. The number of amides is 2. The molecule has 0 aromatic carbocycles. The molecule has 0 aliphatic carbocycles. The van der Waals surface area contributed by atoms with E-state index in [-0.39, 0.29) is 24.7 Å². The summed E-state index contributed by atoms with van der Waals surface area (Å²) in [6.07, 6.45) is 0.369. The zero-order valence-electron chi connectivity index (χ0n) is 13.4. The van der Waals surface area contributed by atoms with Crippen molar-refractivity contribution in [3.05, 3.63) is 5.51 Å². The van der Waals surface area contributed by atoms with Gasteiger partial charge < -0.3 is 15.0 Å². The Bertz CT molecular complexity index is 491. The van der Waals surface area contributed by atoms with E-state index in [0.717, 1.165) is 32.8 Å². The zero-order chi connectivity index (χ0) is 16.5. The Balaban J connectivity index is 1.68. The molecule has 1 aliphatic rings. The highest BCUT2D eigenvalue weighted by Crippen LogP contribution is 2.09. The molecule has 1 saturated heterocycles. The third kappa shape index (κ3) is 6.20. The van der Waals surface area contributed by atoms with Crippen LogP contribution in [-0.4, -0.2) is 77.7 Å². The quantitative estimate of drug-likeness (QED) is 0.738. The Labute approximate surface area is 139 Å². The van der Waals surface area contributed by atoms with Gasteiger partial charge in [0.15, 0.2) is 0 Å². The Morgan fingerprint density at radius 2 is 2.17 bits per heavy atom. The number of carbonyl (C=O) groups is 2. The van der Waals surface area contributed by atoms with Crippen LogP contribution in [0.3, 0.4) is 0 Å². The van der Waals surface area contributed by atoms with Crippen LogP contribution in [0.5, 0.6) is 0 Å². The summed E-state index contributed by atoms with van der Waals surface area (Å²) in [5.41, 5.74) is 1.55. The topological polar surface area (TPSA) is 87.7 Å². The van der Waals surface area contributed by atoms with Crippen LogP contribution in [0.4, 0.5) is 5.13 Å². The average molecular weight is 341 g/mol. The number of nitrogens with one attached hydrogen (secondary N) is 1. The molecule has 1 fully saturated rings. The van der Waals surface area contributed by atoms with Gasteiger partial charge in [-0.15, -0.1) is 10.2 Å². The lowest BCUT2D eigenvalue weighted by Crippen LogP contribution is -2.43. The Morgan fingerprint density at radius 1 is 1.39 bits per heavy atom. The third-order valence-electron chi connectivity index (χ3n) is 3.70. The highest BCUT2D eigenvalue weighted by molar-refractivity contribution is 7.13. The maximum absolute atomic E-state index is 12.2. The molecule has 0 unspecified atom stereocenters. The molecule has 128 valence electrons. The number of likely N-dealkylation sites (N-methyl/N-ethyl adjacent to an activating group) is 1. The second-order valence-corrected chi connectivity index (χ2v) is 6.05. The Hall–Kier alpha value is -1.58. The Kier molecular flexibility index (Phi) is 7.37. The van der Waals surface area contributed by atoms with Crippen molar-refractivity contribution >= 4 is 28.3 Å². The van der Waals surface area contributed by atoms with E-state index >= 15 is 0 Å². The molecule has 0 saturated carbocycles. The van der Waals surface area contributed by atoms with Crippen LogP contribution in [0.1, 0.15) is 19.8 Å². The monoisotopic (exact) mass is 341 g/mol. The van der Waals surface area contributed by atoms with Gasteiger partial charge in [-0.1, -0.05) is 11.3 Å². The molecular weight excluding hydrogens is 318 g/mol. The van der Waals surface area contributed by atoms with E-state index in [1.54, 1.807) is 10.4 Å². The van der Waals surface area contributed by atoms with Gasteiger partial charge in [0.1, 0.15) is 5.51 Å². The molecule has 8 nitrogen and oxygen atoms in total. The van der Waals surface area contributed by atoms with Gasteiger partial charge in [-0.05, 0) is 6.92 Å². The number of carbonyl (C=O) groups excluding carboxylic acids is 2. The SMILES string of the molecule is CCN(CCN1CCOCC1)C(=O)CCC(=O)Nc1nncs1. The molecule has 0 spiro atoms. The molecular formula is C14H23N5O3S. The smallest absolute Gasteiger partial charge is 0.226 e. The van der Waals surface area contributed by atoms with Crippen LogP contribution in [0.25, 0.3) is 0 Å². The molecule has 2 amide bonds. The summed E-state index contributed by atoms with van der Waals surface area (Å²) in [6, 6.07) is 0. The number of hydrogen-bond donors (Lipinski definition) is 1. The number of morpholine rings is 1. The number of anilines is 1. The van der Waals surface area contributed by atoms with Crippen molar-refractivity contribution < 1.29 is 14.3 Å². The number of rotatable bonds is 8. The van der Waals surface area contributed by atoms with Crippen LogP contribution in [0.15, 0.2) is 5.51 Å². The van der Waals surface area contributed by atoms with Gasteiger partial charge >= 0.3 is 0 Å². The average Bonchev–Trinajstić information content (AvgIpc) is 3.07. The maximum Gasteiger partial charge on any atom is 0.226 e. The first-order valence-corrected chi connectivity index (χ1v) is 8.71. The van der Waals surface area contributed by atoms with Crippen molar-refractivity contribution in [3.63, 3.8) is 0 Å². The highest BCUT2D eigenvalue weighted by atomic mass is 32.1. The fourth-order valence-corrected chi connectivity index (χ4v) is 2.80. The summed E-state index contributed by atoms with van der Waals surface area (Å²) in [5, 5.41) is 10.5. The van der Waals surface area contributed by atoms with E-state index in [1.807, 2.05) is 6.92 Å². The van der Waals surface area contributed by atoms with Crippen LogP contribution in [0, 0.1) is 0 Å². The van der Waals surface area contributed by atoms with Crippen LogP contribution >= 0.6 is 11.3 Å². The molecule has 1 N–H and O–H groups in total. The van der Waals surface area contributed by atoms with Crippen LogP contribution in [-0.2, 0) is 14.3 Å². The minimum atomic E-state index is -0.209. The van der Waals surface area contributed by atoms with Crippen molar-refractivity contribution in [2.75, 3.05) is 51.3 Å². The van der Waals surface area contributed by atoms with Crippen molar-refractivity contribution in [2.45, 2.75) is 19.8 Å². The third-order valence-corrected chi connectivity index (χ3v) is 4.30. The number of ether oxygens (including phenoxy) is 1. The van der Waals surface area contributed by atoms with E-state index in [4.69, 9.17) is 4.74 Å². The molecule has 1 aromatic heterocycles. The summed E-state index contributed by atoms with van der Waals surface area (Å²) >= 11 is 1.26. The second-order valence-electron chi connectivity index (χ2n) is 5.22. The van der Waals surface area contributed by atoms with Gasteiger partial charge in [-0.2, -0.15) is 0 Å². The molecule has 2 rings (SSSR count). The minimum absolute atomic E-state index is 0.00757. The number of hydrogen-bond acceptors (Lipinski definition) is 7. The van der Waals surface area contributed by atoms with Gasteiger partial charge in [-0.25, -0.2) is 0 Å². The summed E-state index contributed by atoms with van der Waals surface area (Å²) in [4.78, 5) is 28.1. The summed E-state index contributed by atoms with van der Waals surface area (Å²) in [7, 11) is 0. The van der Waals surface area contributed by atoms with E-state index in [2.05, 4.69) is 20.4 Å². The number of nitrogens with zero attached hydrogens (tertiary/aromatic N) is 4. The predicted molar refractivity (Wildman–Crippen MR) is 87.3 cm³/mol. The summed E-state index contributed by atoms with van der Waals surface area (Å²) in [5.74, 6) is -0.201. The van der Waals surface area contributed by atoms with Gasteiger partial charge in [0.25, 0.3) is 0 Å². The first-order valence-electron chi connectivity index (χ1n) is 7.83. The van der Waals surface area contributed by atoms with E-state index in [0.29, 0.717) is 18.2 Å². The highest BCUT2D eigenvalue weighted by Gasteiger charge is 2.16. The van der Waals surface area contributed by atoms with E-state index < -0.39 is 0 Å². The van der Waals surface area contributed by atoms with Gasteiger partial charge in [-0.3, -0.25) is 14.5 Å². The van der Waals surface area contributed by atoms with Crippen LogP contribution < -0.4 is 5.32 Å². The van der Waals surface area contributed by atoms with Crippen molar-refractivity contribution in [1.82, 2.24) is 20.0 Å². The zero-order valence-corrected chi connectivity index (χ0v) is 14.2. The van der Waals surface area contributed by atoms with Crippen molar-refractivity contribution in [2.24, 2.45) is 0 Å². The van der Waals surface area contributed by atoms with E-state index in [9.17, 15) is 9.59 Å². The molecule has 1 aromatic rings. The Morgan fingerprint density at radius 3 is 2.83 bits per heavy atom. The standard InChI is InChI=1S/C14H23N5O3S/c1-2-19(6-5-18-7-9-22-10-8-18)13(21)4-3-12(20)16-14-17-15-11-23-14/h11H,2-10H2,1H3,(H,16,17,20). The van der Waals surface area contributed by atoms with Crippen molar-refractivity contribution in [1.29, 1.82) is 0 Å². The molecule has 2 heterocycles. The second kappa shape index (κ2) is 9.53. The first-order chi connectivity index (χ1) is 11.2. The fourth-order valence-electron chi connectivity index (χ4n) is 2.33. The summed E-state index contributed by atoms with van der Waals surface area (Å²) < 4.78 is 5.31. The number of aromatic nitrogens is 2.